The summed E-state index contributed by atoms with van der Waals surface area (Å²) in [6.45, 7) is 30.8. The van der Waals surface area contributed by atoms with Gasteiger partial charge in [0.1, 0.15) is 0 Å². The van der Waals surface area contributed by atoms with Gasteiger partial charge in [-0.25, -0.2) is 9.59 Å². The molecule has 0 aromatic rings. The summed E-state index contributed by atoms with van der Waals surface area (Å²) in [7, 11) is 0. The maximum absolute atomic E-state index is 9.95. The molecule has 0 radical (unpaired) electrons. The Labute approximate surface area is 144 Å². The van der Waals surface area contributed by atoms with Crippen LogP contribution >= 0.6 is 0 Å². The standard InChI is InChI=1S/C9H12O4.6CO.2No/c1-8(6-10)12-4-3-5-13-9(2)7-11;6*1-2;;/h3-5H2,1-2H3;;;;;;;;. The Morgan fingerprint density at radius 3 is 0.963 bits per heavy atom. The number of hydrogen-bond acceptors (Lipinski definition) is 4. The third-order valence-electron chi connectivity index (χ3n) is 1.21. The zero-order valence-electron chi connectivity index (χ0n) is 13.7. The summed E-state index contributed by atoms with van der Waals surface area (Å²) >= 11 is 0. The largest absolute Gasteiger partial charge is 0 e. The van der Waals surface area contributed by atoms with Crippen LogP contribution in [0.5, 0.6) is 0 Å². The molecule has 0 bridgehead atoms. The molecule has 0 spiro atoms. The van der Waals surface area contributed by atoms with Gasteiger partial charge in [-0.2, -0.15) is 0 Å². The van der Waals surface area contributed by atoms with Crippen molar-refractivity contribution in [3.63, 3.8) is 0 Å². The molecule has 0 heterocycles. The molecule has 0 aromatic carbocycles. The summed E-state index contributed by atoms with van der Waals surface area (Å²) in [5.74, 6) is 3.67. The monoisotopic (exact) mass is 870 g/mol. The molecule has 0 rings (SSSR count). The van der Waals surface area contributed by atoms with Crippen molar-refractivity contribution in [3.05, 3.63) is 51.4 Å². The van der Waals surface area contributed by atoms with E-state index in [1.54, 1.807) is 11.9 Å². The molecular weight excluding hydrogens is 858 g/mol. The molecule has 12 heteroatoms. The smallest absolute Gasteiger partial charge is 0 e. The third-order valence-corrected chi connectivity index (χ3v) is 1.21. The van der Waals surface area contributed by atoms with E-state index in [1.165, 1.54) is 13.8 Å². The van der Waals surface area contributed by atoms with Gasteiger partial charge in [-0.05, 0) is 0 Å². The Kier molecular flexibility index (Phi) is 281. The van der Waals surface area contributed by atoms with Gasteiger partial charge in [0.25, 0.3) is 0 Å². The Morgan fingerprint density at radius 1 is 0.630 bits per heavy atom. The van der Waals surface area contributed by atoms with E-state index in [4.69, 9.17) is 37.4 Å². The minimum atomic E-state index is 0. The number of allylic oxidation sites excluding steroid dienone is 2. The molecule has 0 aromatic heterocycles. The van der Waals surface area contributed by atoms with Gasteiger partial charge in [0.05, 0.1) is 13.2 Å². The van der Waals surface area contributed by atoms with E-state index >= 15 is 0 Å². The van der Waals surface area contributed by atoms with Crippen molar-refractivity contribution in [2.24, 2.45) is 0 Å². The molecule has 0 aliphatic carbocycles. The minimum absolute atomic E-state index is 0. The van der Waals surface area contributed by atoms with E-state index < -0.39 is 0 Å². The van der Waals surface area contributed by atoms with Crippen molar-refractivity contribution in [2.75, 3.05) is 13.2 Å². The van der Waals surface area contributed by atoms with E-state index in [9.17, 15) is 9.59 Å². The first-order valence-electron chi connectivity index (χ1n) is 5.12. The van der Waals surface area contributed by atoms with Crippen molar-refractivity contribution in [1.82, 2.24) is 0 Å². The summed E-state index contributed by atoms with van der Waals surface area (Å²) in [6, 6.07) is 0. The molecule has 0 saturated carbocycles. The summed E-state index contributed by atoms with van der Waals surface area (Å²) in [5, 5.41) is 0. The average molecular weight is 870 g/mol. The van der Waals surface area contributed by atoms with Crippen LogP contribution in [0.25, 0.3) is 0 Å². The minimum Gasteiger partial charge on any atom is 0 e. The number of ether oxygens (including phenoxy) is 2. The van der Waals surface area contributed by atoms with Crippen molar-refractivity contribution in [2.45, 2.75) is 20.3 Å². The van der Waals surface area contributed by atoms with Crippen molar-refractivity contribution in [1.29, 1.82) is 0 Å². The van der Waals surface area contributed by atoms with Gasteiger partial charge in [-0.15, -0.1) is 0 Å². The Morgan fingerprint density at radius 2 is 0.815 bits per heavy atom. The zero-order valence-corrected chi connectivity index (χ0v) is 18.2. The summed E-state index contributed by atoms with van der Waals surface area (Å²) < 4.78 is 54.8. The van der Waals surface area contributed by atoms with E-state index in [1.807, 2.05) is 0 Å². The average Bonchev–Trinajstić information content (AvgIpc) is 2.76. The molecule has 27 heavy (non-hydrogen) atoms. The van der Waals surface area contributed by atoms with Crippen LogP contribution in [0.2, 0.25) is 0 Å². The predicted octanol–water partition coefficient (Wildman–Crippen LogP) is 0.655. The Hall–Kier alpha value is -5.06. The fraction of sp³-hybridized carbons (Fsp3) is 0.333. The van der Waals surface area contributed by atoms with Crippen molar-refractivity contribution < 1.29 is 47.0 Å². The maximum Gasteiger partial charge on any atom is 0 e. The van der Waals surface area contributed by atoms with Crippen molar-refractivity contribution in [3.8, 4) is 0 Å². The van der Waals surface area contributed by atoms with Crippen LogP contribution in [0.4, 0.5) is 0 Å². The van der Waals surface area contributed by atoms with Crippen LogP contribution in [0, 0.1) is 39.9 Å². The molecular formula is C15H12No2O10. The molecule has 0 N–H and O–H groups in total. The predicted molar refractivity (Wildman–Crippen MR) is 69.9 cm³/mol. The molecule has 10 nitrogen and oxygen atoms in total. The fourth-order valence-electron chi connectivity index (χ4n) is 0.568. The second kappa shape index (κ2) is 132. The molecule has 0 atom stereocenters. The van der Waals surface area contributed by atoms with Crippen LogP contribution < -0.4 is 0 Å². The van der Waals surface area contributed by atoms with Gasteiger partial charge in [0.15, 0.2) is 23.4 Å². The van der Waals surface area contributed by atoms with Gasteiger partial charge in [-0.3, -0.25) is 0 Å². The van der Waals surface area contributed by atoms with Crippen LogP contribution in [0.15, 0.2) is 11.5 Å². The summed E-state index contributed by atoms with van der Waals surface area (Å²) in [6.07, 6.45) is 0.609. The first-order chi connectivity index (χ1) is 12.2. The zero-order chi connectivity index (χ0) is 22.1. The van der Waals surface area contributed by atoms with E-state index in [2.05, 4.69) is 39.9 Å². The molecule has 0 aliphatic rings. The van der Waals surface area contributed by atoms with Crippen LogP contribution in [-0.2, 0) is 47.0 Å². The fourth-order valence-corrected chi connectivity index (χ4v) is 0.568. The molecule has 0 unspecified atom stereocenters. The second-order valence-corrected chi connectivity index (χ2v) is 2.37. The van der Waals surface area contributed by atoms with Crippen LogP contribution in [0.3, 0.4) is 0 Å². The van der Waals surface area contributed by atoms with Crippen molar-refractivity contribution >= 4 is 11.9 Å². The normalized spacial score (nSPS) is 4.37. The number of carbonyl (C=O) groups excluding carboxylic acids is 2. The Balaban J connectivity index is -0.0000000282. The van der Waals surface area contributed by atoms with Gasteiger partial charge in [0.2, 0.25) is 0 Å². The summed E-state index contributed by atoms with van der Waals surface area (Å²) in [5.41, 5.74) is 0. The summed E-state index contributed by atoms with van der Waals surface area (Å²) in [4.78, 5) is 19.9. The van der Waals surface area contributed by atoms with Gasteiger partial charge < -0.3 is 9.47 Å². The third kappa shape index (κ3) is 156. The molecule has 0 fully saturated rings. The second-order valence-electron chi connectivity index (χ2n) is 2.37. The van der Waals surface area contributed by atoms with Crippen LogP contribution in [-0.4, -0.2) is 25.1 Å². The number of hydrogen-bond donors (Lipinski definition) is 0. The SMILES string of the molecule is CC(=C=O)OCCCOC(C)=C=O.[C-]#[O+].[C-]#[O+].[C-]#[O+].[C-]#[O+].[C-]#[O+].[C-]#[O+].[No].[No]. The first kappa shape index (κ1) is 57.5. The van der Waals surface area contributed by atoms with E-state index in [0.29, 0.717) is 19.6 Å². The van der Waals surface area contributed by atoms with E-state index in [0.717, 1.165) is 0 Å². The molecule has 0 saturated heterocycles. The maximum atomic E-state index is 9.95. The molecule has 0 amide bonds. The van der Waals surface area contributed by atoms with Crippen LogP contribution in [0.1, 0.15) is 20.3 Å². The first-order valence-corrected chi connectivity index (χ1v) is 5.12. The quantitative estimate of drug-likeness (QED) is 0.126. The van der Waals surface area contributed by atoms with Gasteiger partial charge in [0, 0.05) is 20.3 Å². The van der Waals surface area contributed by atoms with Gasteiger partial charge in [-0.1, -0.05) is 0 Å². The molecule has 160 valence electrons. The topological polar surface area (TPSA) is 172 Å². The molecule has 0 aliphatic heterocycles. The Bertz CT molecular complexity index is 404. The van der Waals surface area contributed by atoms with E-state index in [-0.39, 0.29) is 11.5 Å². The van der Waals surface area contributed by atoms with Gasteiger partial charge >= 0.3 is 67.8 Å². The number of rotatable bonds is 6.